The third-order valence-electron chi connectivity index (χ3n) is 5.77. The summed E-state index contributed by atoms with van der Waals surface area (Å²) in [7, 11) is 3.95. The molecule has 0 radical (unpaired) electrons. The number of amidine groups is 1. The van der Waals surface area contributed by atoms with Gasteiger partial charge < -0.3 is 19.4 Å². The molecule has 0 bridgehead atoms. The molecule has 1 fully saturated rings. The molecule has 1 aliphatic rings. The van der Waals surface area contributed by atoms with Crippen LogP contribution < -0.4 is 0 Å². The molecule has 0 spiro atoms. The first-order valence-corrected chi connectivity index (χ1v) is 10.9. The summed E-state index contributed by atoms with van der Waals surface area (Å²) in [4.78, 5) is 18.7. The van der Waals surface area contributed by atoms with Crippen LogP contribution in [0.2, 0.25) is 0 Å². The van der Waals surface area contributed by atoms with Gasteiger partial charge in [-0.25, -0.2) is 0 Å². The van der Waals surface area contributed by atoms with Gasteiger partial charge in [0.25, 0.3) is 6.02 Å². The Kier molecular flexibility index (Phi) is 7.69. The number of hydrogen-bond donors (Lipinski definition) is 1. The zero-order chi connectivity index (χ0) is 22.4. The Balaban J connectivity index is 1.98. The predicted octanol–water partition coefficient (Wildman–Crippen LogP) is 3.25. The average Bonchev–Trinajstić information content (AvgIpc) is 2.75. The molecule has 0 aliphatic carbocycles. The van der Waals surface area contributed by atoms with Crippen LogP contribution in [0.3, 0.4) is 0 Å². The van der Waals surface area contributed by atoms with Crippen LogP contribution in [0, 0.1) is 5.41 Å². The van der Waals surface area contributed by atoms with Crippen LogP contribution in [-0.4, -0.2) is 79.0 Å². The zero-order valence-corrected chi connectivity index (χ0v) is 19.0. The first-order chi connectivity index (χ1) is 14.9. The highest BCUT2D eigenvalue weighted by Gasteiger charge is 2.40. The zero-order valence-electron chi connectivity index (χ0n) is 19.0. The Bertz CT molecular complexity index is 815. The van der Waals surface area contributed by atoms with Crippen molar-refractivity contribution in [2.45, 2.75) is 31.8 Å². The van der Waals surface area contributed by atoms with Crippen molar-refractivity contribution in [1.29, 1.82) is 5.41 Å². The fourth-order valence-electron chi connectivity index (χ4n) is 4.13. The van der Waals surface area contributed by atoms with E-state index in [4.69, 9.17) is 10.1 Å². The number of carbonyl (C=O) groups is 1. The van der Waals surface area contributed by atoms with E-state index in [1.807, 2.05) is 79.0 Å². The number of rotatable bonds is 7. The molecule has 1 N–H and O–H groups in total. The molecule has 1 aliphatic heterocycles. The van der Waals surface area contributed by atoms with Crippen molar-refractivity contribution >= 4 is 11.9 Å². The van der Waals surface area contributed by atoms with Gasteiger partial charge in [-0.2, -0.15) is 0 Å². The van der Waals surface area contributed by atoms with E-state index in [0.29, 0.717) is 19.7 Å². The summed E-state index contributed by atoms with van der Waals surface area (Å²) < 4.78 is 5.79. The normalized spacial score (nSPS) is 17.0. The largest absolute Gasteiger partial charge is 0.464 e. The van der Waals surface area contributed by atoms with Crippen molar-refractivity contribution in [2.24, 2.45) is 0 Å². The van der Waals surface area contributed by atoms with Crippen molar-refractivity contribution in [3.8, 4) is 0 Å². The van der Waals surface area contributed by atoms with E-state index in [2.05, 4.69) is 24.3 Å². The summed E-state index contributed by atoms with van der Waals surface area (Å²) in [5, 5.41) is 8.65. The fourth-order valence-corrected chi connectivity index (χ4v) is 4.13. The SMILES string of the molecule is CC(C)N1C[C@H](C(c2ccccc2)c2ccccc2)N(C(=N)OCCN(C)C)CC1=O. The summed E-state index contributed by atoms with van der Waals surface area (Å²) in [6.07, 6.45) is 0. The lowest BCUT2D eigenvalue weighted by Crippen LogP contribution is -2.61. The number of ether oxygens (including phenoxy) is 1. The first-order valence-electron chi connectivity index (χ1n) is 10.9. The molecule has 2 aromatic rings. The molecule has 6 nitrogen and oxygen atoms in total. The lowest BCUT2D eigenvalue weighted by molar-refractivity contribution is -0.139. The quantitative estimate of drug-likeness (QED) is 0.550. The lowest BCUT2D eigenvalue weighted by atomic mass is 9.83. The van der Waals surface area contributed by atoms with Gasteiger partial charge in [0.1, 0.15) is 13.2 Å². The second kappa shape index (κ2) is 10.4. The Hall–Kier alpha value is -2.86. The Morgan fingerprint density at radius 3 is 2.10 bits per heavy atom. The van der Waals surface area contributed by atoms with Crippen molar-refractivity contribution in [3.05, 3.63) is 71.8 Å². The summed E-state index contributed by atoms with van der Waals surface area (Å²) in [5.74, 6) is 0.0432. The molecule has 0 saturated carbocycles. The van der Waals surface area contributed by atoms with Crippen molar-refractivity contribution < 1.29 is 9.53 Å². The van der Waals surface area contributed by atoms with Gasteiger partial charge in [0.2, 0.25) is 5.91 Å². The van der Waals surface area contributed by atoms with Crippen LogP contribution >= 0.6 is 0 Å². The van der Waals surface area contributed by atoms with E-state index >= 15 is 0 Å². The van der Waals surface area contributed by atoms with Gasteiger partial charge in [0.15, 0.2) is 0 Å². The maximum Gasteiger partial charge on any atom is 0.285 e. The Morgan fingerprint density at radius 1 is 1.06 bits per heavy atom. The van der Waals surface area contributed by atoms with E-state index in [9.17, 15) is 4.79 Å². The standard InChI is InChI=1S/C25H34N4O2/c1-19(2)28-17-22(29(18-23(28)30)25(26)31-16-15-27(3)4)24(20-11-7-5-8-12-20)21-13-9-6-10-14-21/h5-14,19,22,24,26H,15-18H2,1-4H3/t22-/m1/s1. The molecular formula is C25H34N4O2. The van der Waals surface area contributed by atoms with Crippen LogP contribution in [0.1, 0.15) is 30.9 Å². The number of nitrogens with zero attached hydrogens (tertiary/aromatic N) is 3. The summed E-state index contributed by atoms with van der Waals surface area (Å²) in [6, 6.07) is 20.8. The van der Waals surface area contributed by atoms with Crippen LogP contribution in [0.4, 0.5) is 0 Å². The predicted molar refractivity (Wildman–Crippen MR) is 124 cm³/mol. The first kappa shape index (κ1) is 22.8. The lowest BCUT2D eigenvalue weighted by Gasteiger charge is -2.46. The number of likely N-dealkylation sites (N-methyl/N-ethyl adjacent to an activating group) is 1. The molecule has 31 heavy (non-hydrogen) atoms. The van der Waals surface area contributed by atoms with Gasteiger partial charge in [0.05, 0.1) is 6.04 Å². The number of amides is 1. The highest BCUT2D eigenvalue weighted by atomic mass is 16.5. The third kappa shape index (κ3) is 5.64. The van der Waals surface area contributed by atoms with E-state index < -0.39 is 0 Å². The van der Waals surface area contributed by atoms with Gasteiger partial charge in [-0.1, -0.05) is 60.7 Å². The number of carbonyl (C=O) groups excluding carboxylic acids is 1. The van der Waals surface area contributed by atoms with E-state index in [1.165, 1.54) is 11.1 Å². The topological polar surface area (TPSA) is 59.9 Å². The summed E-state index contributed by atoms with van der Waals surface area (Å²) >= 11 is 0. The van der Waals surface area contributed by atoms with Crippen LogP contribution in [-0.2, 0) is 9.53 Å². The molecule has 0 aromatic heterocycles. The minimum atomic E-state index is -0.100. The molecule has 166 valence electrons. The second-order valence-corrected chi connectivity index (χ2v) is 8.59. The molecule has 0 unspecified atom stereocenters. The average molecular weight is 423 g/mol. The maximum absolute atomic E-state index is 12.9. The summed E-state index contributed by atoms with van der Waals surface area (Å²) in [6.45, 7) is 5.92. The van der Waals surface area contributed by atoms with Crippen LogP contribution in [0.15, 0.2) is 60.7 Å². The molecule has 2 aromatic carbocycles. The number of hydrogen-bond acceptors (Lipinski definition) is 4. The number of piperazine rings is 1. The number of nitrogens with one attached hydrogen (secondary N) is 1. The smallest absolute Gasteiger partial charge is 0.285 e. The molecule has 1 amide bonds. The monoisotopic (exact) mass is 422 g/mol. The van der Waals surface area contributed by atoms with Gasteiger partial charge in [-0.3, -0.25) is 10.2 Å². The van der Waals surface area contributed by atoms with E-state index in [0.717, 1.165) is 0 Å². The molecule has 6 heteroatoms. The number of benzene rings is 2. The highest BCUT2D eigenvalue weighted by molar-refractivity contribution is 5.85. The molecule has 3 rings (SSSR count). The van der Waals surface area contributed by atoms with Crippen LogP contribution in [0.25, 0.3) is 0 Å². The molecular weight excluding hydrogens is 388 g/mol. The second-order valence-electron chi connectivity index (χ2n) is 8.59. The summed E-state index contributed by atoms with van der Waals surface area (Å²) in [5.41, 5.74) is 2.34. The fraction of sp³-hybridized carbons (Fsp3) is 0.440. The molecule has 1 atom stereocenters. The Morgan fingerprint density at radius 2 is 1.61 bits per heavy atom. The third-order valence-corrected chi connectivity index (χ3v) is 5.77. The highest BCUT2D eigenvalue weighted by Crippen LogP contribution is 2.34. The molecule has 1 heterocycles. The minimum absolute atomic E-state index is 0.00884. The van der Waals surface area contributed by atoms with Gasteiger partial charge in [-0.05, 0) is 39.1 Å². The van der Waals surface area contributed by atoms with Crippen molar-refractivity contribution in [1.82, 2.24) is 14.7 Å². The van der Waals surface area contributed by atoms with Gasteiger partial charge in [-0.15, -0.1) is 0 Å². The van der Waals surface area contributed by atoms with E-state index in [1.54, 1.807) is 0 Å². The van der Waals surface area contributed by atoms with E-state index in [-0.39, 0.29) is 36.5 Å². The Labute approximate surface area is 185 Å². The van der Waals surface area contributed by atoms with Crippen molar-refractivity contribution in [3.63, 3.8) is 0 Å². The maximum atomic E-state index is 12.9. The van der Waals surface area contributed by atoms with Crippen molar-refractivity contribution in [2.75, 3.05) is 40.3 Å². The van der Waals surface area contributed by atoms with Gasteiger partial charge >= 0.3 is 0 Å². The van der Waals surface area contributed by atoms with Gasteiger partial charge in [0, 0.05) is 25.0 Å². The molecule has 1 saturated heterocycles. The van der Waals surface area contributed by atoms with Crippen LogP contribution in [0.5, 0.6) is 0 Å². The minimum Gasteiger partial charge on any atom is -0.464 e.